The zero-order chi connectivity index (χ0) is 10.7. The van der Waals surface area contributed by atoms with Gasteiger partial charge in [0.1, 0.15) is 0 Å². The van der Waals surface area contributed by atoms with Crippen LogP contribution in [0, 0.1) is 11.8 Å². The van der Waals surface area contributed by atoms with E-state index < -0.39 is 0 Å². The predicted octanol–water partition coefficient (Wildman–Crippen LogP) is 3.32. The van der Waals surface area contributed by atoms with E-state index in [0.717, 1.165) is 11.8 Å². The second-order valence-electron chi connectivity index (χ2n) is 4.84. The van der Waals surface area contributed by atoms with Crippen LogP contribution in [-0.4, -0.2) is 11.0 Å². The Labute approximate surface area is 92.1 Å². The van der Waals surface area contributed by atoms with Crippen molar-refractivity contribution in [1.82, 2.24) is 4.98 Å². The number of hydrogen-bond donors (Lipinski definition) is 1. The summed E-state index contributed by atoms with van der Waals surface area (Å²) in [4.78, 5) is 4.03. The number of hydrogen-bond acceptors (Lipinski definition) is 2. The van der Waals surface area contributed by atoms with Crippen molar-refractivity contribution < 1.29 is 0 Å². The van der Waals surface area contributed by atoms with Crippen LogP contribution in [0.15, 0.2) is 24.5 Å². The van der Waals surface area contributed by atoms with Crippen molar-refractivity contribution in [1.29, 1.82) is 0 Å². The van der Waals surface area contributed by atoms with Crippen LogP contribution in [0.25, 0.3) is 0 Å². The van der Waals surface area contributed by atoms with Crippen molar-refractivity contribution in [2.75, 3.05) is 5.32 Å². The number of pyridine rings is 1. The Bertz CT molecular complexity index is 297. The van der Waals surface area contributed by atoms with Crippen molar-refractivity contribution in [3.63, 3.8) is 0 Å². The Morgan fingerprint density at radius 3 is 2.53 bits per heavy atom. The number of nitrogens with one attached hydrogen (secondary N) is 1. The van der Waals surface area contributed by atoms with E-state index in [9.17, 15) is 0 Å². The Morgan fingerprint density at radius 1 is 1.13 bits per heavy atom. The maximum Gasteiger partial charge on any atom is 0.0373 e. The molecule has 0 saturated heterocycles. The second-order valence-corrected chi connectivity index (χ2v) is 4.84. The first-order valence-electron chi connectivity index (χ1n) is 5.92. The maximum absolute atomic E-state index is 4.03. The van der Waals surface area contributed by atoms with E-state index in [1.54, 1.807) is 0 Å². The van der Waals surface area contributed by atoms with E-state index in [0.29, 0.717) is 6.04 Å². The summed E-state index contributed by atoms with van der Waals surface area (Å²) in [7, 11) is 0. The molecule has 1 aromatic heterocycles. The third-order valence-electron chi connectivity index (χ3n) is 3.65. The van der Waals surface area contributed by atoms with Gasteiger partial charge >= 0.3 is 0 Å². The lowest BCUT2D eigenvalue weighted by molar-refractivity contribution is 0.261. The van der Waals surface area contributed by atoms with E-state index >= 15 is 0 Å². The molecule has 1 aliphatic carbocycles. The molecule has 1 heterocycles. The van der Waals surface area contributed by atoms with Gasteiger partial charge in [-0.15, -0.1) is 0 Å². The maximum atomic E-state index is 4.03. The number of anilines is 1. The van der Waals surface area contributed by atoms with Gasteiger partial charge in [0.25, 0.3) is 0 Å². The summed E-state index contributed by atoms with van der Waals surface area (Å²) < 4.78 is 0. The van der Waals surface area contributed by atoms with Gasteiger partial charge in [-0.25, -0.2) is 0 Å². The molecule has 82 valence electrons. The molecule has 2 rings (SSSR count). The molecule has 2 heteroatoms. The molecule has 1 fully saturated rings. The van der Waals surface area contributed by atoms with Crippen LogP contribution in [0.1, 0.15) is 33.1 Å². The van der Waals surface area contributed by atoms with Crippen molar-refractivity contribution in [3.05, 3.63) is 24.5 Å². The molecule has 0 radical (unpaired) electrons. The summed E-state index contributed by atoms with van der Waals surface area (Å²) >= 11 is 0. The van der Waals surface area contributed by atoms with Gasteiger partial charge in [-0.3, -0.25) is 4.98 Å². The highest BCUT2D eigenvalue weighted by Crippen LogP contribution is 2.30. The van der Waals surface area contributed by atoms with Crippen LogP contribution in [0.5, 0.6) is 0 Å². The van der Waals surface area contributed by atoms with Gasteiger partial charge in [-0.1, -0.05) is 13.8 Å². The Hall–Kier alpha value is -1.05. The lowest BCUT2D eigenvalue weighted by Crippen LogP contribution is -2.30. The molecule has 3 unspecified atom stereocenters. The van der Waals surface area contributed by atoms with Crippen LogP contribution in [0.4, 0.5) is 5.69 Å². The molecule has 1 N–H and O–H groups in total. The molecule has 15 heavy (non-hydrogen) atoms. The molecule has 1 aliphatic rings. The lowest BCUT2D eigenvalue weighted by Gasteiger charge is -2.33. The molecule has 0 bridgehead atoms. The molecular formula is C13H20N2. The first-order valence-corrected chi connectivity index (χ1v) is 5.92. The minimum Gasteiger partial charge on any atom is -0.382 e. The highest BCUT2D eigenvalue weighted by molar-refractivity contribution is 5.41. The van der Waals surface area contributed by atoms with Crippen LogP contribution in [-0.2, 0) is 0 Å². The summed E-state index contributed by atoms with van der Waals surface area (Å²) in [6, 6.07) is 4.74. The second kappa shape index (κ2) is 4.65. The third-order valence-corrected chi connectivity index (χ3v) is 3.65. The summed E-state index contributed by atoms with van der Waals surface area (Å²) in [5.74, 6) is 1.73. The van der Waals surface area contributed by atoms with Gasteiger partial charge in [0.15, 0.2) is 0 Å². The quantitative estimate of drug-likeness (QED) is 0.799. The largest absolute Gasteiger partial charge is 0.382 e. The fourth-order valence-electron chi connectivity index (χ4n) is 2.36. The first kappa shape index (κ1) is 10.5. The molecule has 0 spiro atoms. The van der Waals surface area contributed by atoms with E-state index in [4.69, 9.17) is 0 Å². The summed E-state index contributed by atoms with van der Waals surface area (Å²) in [5, 5.41) is 3.59. The van der Waals surface area contributed by atoms with Gasteiger partial charge in [0.2, 0.25) is 0 Å². The third kappa shape index (κ3) is 2.71. The fourth-order valence-corrected chi connectivity index (χ4v) is 2.36. The average Bonchev–Trinajstić information content (AvgIpc) is 2.25. The molecule has 0 aromatic carbocycles. The van der Waals surface area contributed by atoms with Crippen LogP contribution in [0.3, 0.4) is 0 Å². The van der Waals surface area contributed by atoms with Gasteiger partial charge in [-0.2, -0.15) is 0 Å². The Balaban J connectivity index is 1.91. The predicted molar refractivity (Wildman–Crippen MR) is 63.8 cm³/mol. The zero-order valence-electron chi connectivity index (χ0n) is 9.61. The van der Waals surface area contributed by atoms with Gasteiger partial charge in [0.05, 0.1) is 0 Å². The molecule has 0 aliphatic heterocycles. The summed E-state index contributed by atoms with van der Waals surface area (Å²) in [6.45, 7) is 4.73. The van der Waals surface area contributed by atoms with Crippen molar-refractivity contribution in [2.45, 2.75) is 39.2 Å². The SMILES string of the molecule is CC1CCC(Nc2ccncc2)CC1C. The highest BCUT2D eigenvalue weighted by atomic mass is 14.9. The number of nitrogens with zero attached hydrogens (tertiary/aromatic N) is 1. The van der Waals surface area contributed by atoms with E-state index in [-0.39, 0.29) is 0 Å². The van der Waals surface area contributed by atoms with E-state index in [2.05, 4.69) is 24.1 Å². The zero-order valence-corrected chi connectivity index (χ0v) is 9.61. The Morgan fingerprint density at radius 2 is 1.87 bits per heavy atom. The molecule has 3 atom stereocenters. The van der Waals surface area contributed by atoms with Crippen LogP contribution >= 0.6 is 0 Å². The minimum atomic E-state index is 0.651. The first-order chi connectivity index (χ1) is 7.25. The van der Waals surface area contributed by atoms with Gasteiger partial charge in [-0.05, 0) is 43.2 Å². The molecule has 0 amide bonds. The van der Waals surface area contributed by atoms with E-state index in [1.807, 2.05) is 24.5 Å². The van der Waals surface area contributed by atoms with Gasteiger partial charge < -0.3 is 5.32 Å². The topological polar surface area (TPSA) is 24.9 Å². The van der Waals surface area contributed by atoms with Crippen LogP contribution in [0.2, 0.25) is 0 Å². The standard InChI is InChI=1S/C13H20N2/c1-10-3-4-13(9-11(10)2)15-12-5-7-14-8-6-12/h5-8,10-11,13H,3-4,9H2,1-2H3,(H,14,15). The average molecular weight is 204 g/mol. The number of aromatic nitrogens is 1. The molecule has 2 nitrogen and oxygen atoms in total. The Kier molecular flexibility index (Phi) is 3.24. The number of rotatable bonds is 2. The molecule has 1 saturated carbocycles. The summed E-state index contributed by atoms with van der Waals surface area (Å²) in [6.07, 6.45) is 7.63. The molecular weight excluding hydrogens is 184 g/mol. The van der Waals surface area contributed by atoms with Crippen molar-refractivity contribution in [2.24, 2.45) is 11.8 Å². The highest BCUT2D eigenvalue weighted by Gasteiger charge is 2.24. The van der Waals surface area contributed by atoms with Crippen molar-refractivity contribution >= 4 is 5.69 Å². The lowest BCUT2D eigenvalue weighted by atomic mass is 9.79. The van der Waals surface area contributed by atoms with Crippen molar-refractivity contribution in [3.8, 4) is 0 Å². The normalized spacial score (nSPS) is 31.2. The molecule has 1 aromatic rings. The summed E-state index contributed by atoms with van der Waals surface area (Å²) in [5.41, 5.74) is 1.21. The van der Waals surface area contributed by atoms with Gasteiger partial charge in [0, 0.05) is 24.1 Å². The monoisotopic (exact) mass is 204 g/mol. The fraction of sp³-hybridized carbons (Fsp3) is 0.615. The van der Waals surface area contributed by atoms with E-state index in [1.165, 1.54) is 24.9 Å². The smallest absolute Gasteiger partial charge is 0.0373 e. The minimum absolute atomic E-state index is 0.651. The van der Waals surface area contributed by atoms with Crippen LogP contribution < -0.4 is 5.32 Å².